The number of hydrogen-bond acceptors (Lipinski definition) is 4. The van der Waals surface area contributed by atoms with Crippen molar-refractivity contribution in [2.24, 2.45) is 0 Å². The van der Waals surface area contributed by atoms with Gasteiger partial charge in [-0.3, -0.25) is 19.9 Å². The number of nitrogens with zero attached hydrogens (tertiary/aromatic N) is 2. The molecule has 1 aromatic heterocycles. The average Bonchev–Trinajstić information content (AvgIpc) is 2.82. The Kier molecular flexibility index (Phi) is 3.41. The molecule has 5 nitrogen and oxygen atoms in total. The van der Waals surface area contributed by atoms with Crippen LogP contribution in [0.15, 0.2) is 30.3 Å². The fourth-order valence-electron chi connectivity index (χ4n) is 2.87. The van der Waals surface area contributed by atoms with Gasteiger partial charge in [0.05, 0.1) is 28.2 Å². The predicted octanol–water partition coefficient (Wildman–Crippen LogP) is 2.60. The predicted molar refractivity (Wildman–Crippen MR) is 84.7 cm³/mol. The van der Waals surface area contributed by atoms with Gasteiger partial charge in [0.1, 0.15) is 0 Å². The minimum Gasteiger partial charge on any atom is -0.342 e. The molecule has 0 atom stereocenters. The molecule has 1 aliphatic heterocycles. The summed E-state index contributed by atoms with van der Waals surface area (Å²) in [7, 11) is 1.89. The van der Waals surface area contributed by atoms with Crippen LogP contribution in [-0.2, 0) is 6.42 Å². The quantitative estimate of drug-likeness (QED) is 0.884. The molecule has 22 heavy (non-hydrogen) atoms. The fraction of sp³-hybridized carbons (Fsp3) is 0.235. The van der Waals surface area contributed by atoms with Crippen molar-refractivity contribution < 1.29 is 9.59 Å². The van der Waals surface area contributed by atoms with Gasteiger partial charge in [0.15, 0.2) is 0 Å². The smallest absolute Gasteiger partial charge is 0.261 e. The molecule has 0 spiro atoms. The Morgan fingerprint density at radius 3 is 2.36 bits per heavy atom. The van der Waals surface area contributed by atoms with Crippen molar-refractivity contribution >= 4 is 23.2 Å². The van der Waals surface area contributed by atoms with Crippen LogP contribution < -0.4 is 10.2 Å². The van der Waals surface area contributed by atoms with Gasteiger partial charge in [0, 0.05) is 12.7 Å². The zero-order valence-corrected chi connectivity index (χ0v) is 12.8. The van der Waals surface area contributed by atoms with E-state index in [-0.39, 0.29) is 11.8 Å². The zero-order valence-electron chi connectivity index (χ0n) is 12.8. The summed E-state index contributed by atoms with van der Waals surface area (Å²) < 4.78 is 0. The van der Waals surface area contributed by atoms with E-state index in [1.165, 1.54) is 0 Å². The van der Waals surface area contributed by atoms with Gasteiger partial charge in [-0.2, -0.15) is 0 Å². The van der Waals surface area contributed by atoms with Crippen LogP contribution in [0.4, 0.5) is 11.4 Å². The Bertz CT molecular complexity index is 769. The molecule has 112 valence electrons. The number of carbonyl (C=O) groups excluding carboxylic acids is 2. The summed E-state index contributed by atoms with van der Waals surface area (Å²) in [4.78, 5) is 30.7. The van der Waals surface area contributed by atoms with Crippen LogP contribution in [0.2, 0.25) is 0 Å². The highest BCUT2D eigenvalue weighted by molar-refractivity contribution is 6.24. The molecule has 0 bridgehead atoms. The lowest BCUT2D eigenvalue weighted by Gasteiger charge is -2.24. The molecule has 3 rings (SSSR count). The van der Waals surface area contributed by atoms with Gasteiger partial charge in [-0.1, -0.05) is 25.1 Å². The second kappa shape index (κ2) is 5.26. The Labute approximate surface area is 129 Å². The highest BCUT2D eigenvalue weighted by atomic mass is 16.2. The second-order valence-corrected chi connectivity index (χ2v) is 5.27. The van der Waals surface area contributed by atoms with Gasteiger partial charge in [0.25, 0.3) is 11.8 Å². The third-order valence-corrected chi connectivity index (χ3v) is 3.92. The van der Waals surface area contributed by atoms with Gasteiger partial charge in [-0.15, -0.1) is 0 Å². The van der Waals surface area contributed by atoms with E-state index in [1.54, 1.807) is 6.92 Å². The van der Waals surface area contributed by atoms with E-state index >= 15 is 0 Å². The van der Waals surface area contributed by atoms with E-state index in [1.807, 2.05) is 49.2 Å². The van der Waals surface area contributed by atoms with Crippen LogP contribution in [0.1, 0.15) is 39.0 Å². The molecule has 2 aromatic rings. The largest absolute Gasteiger partial charge is 0.342 e. The summed E-state index contributed by atoms with van der Waals surface area (Å²) in [5.41, 5.74) is 3.88. The number of benzene rings is 1. The number of imide groups is 1. The van der Waals surface area contributed by atoms with Crippen molar-refractivity contribution in [2.75, 3.05) is 11.9 Å². The first-order valence-corrected chi connectivity index (χ1v) is 7.22. The number of carbonyl (C=O) groups is 2. The monoisotopic (exact) mass is 295 g/mol. The van der Waals surface area contributed by atoms with Gasteiger partial charge in [-0.05, 0) is 25.5 Å². The molecule has 0 unspecified atom stereocenters. The van der Waals surface area contributed by atoms with E-state index in [0.29, 0.717) is 28.9 Å². The molecule has 0 radical (unpaired) electrons. The number of aromatic nitrogens is 1. The first-order valence-electron chi connectivity index (χ1n) is 7.22. The zero-order chi connectivity index (χ0) is 15.9. The summed E-state index contributed by atoms with van der Waals surface area (Å²) in [5.74, 6) is -0.714. The van der Waals surface area contributed by atoms with Crippen LogP contribution >= 0.6 is 0 Å². The van der Waals surface area contributed by atoms with Gasteiger partial charge in [0.2, 0.25) is 0 Å². The van der Waals surface area contributed by atoms with Crippen LogP contribution in [-0.4, -0.2) is 23.8 Å². The number of pyridine rings is 1. The summed E-state index contributed by atoms with van der Waals surface area (Å²) in [6.07, 6.45) is 0.683. The van der Waals surface area contributed by atoms with Gasteiger partial charge < -0.3 is 4.90 Å². The molecular weight excluding hydrogens is 278 g/mol. The number of para-hydroxylation sites is 1. The van der Waals surface area contributed by atoms with E-state index in [0.717, 1.165) is 11.4 Å². The van der Waals surface area contributed by atoms with E-state index in [4.69, 9.17) is 0 Å². The number of aryl methyl sites for hydroxylation is 2. The highest BCUT2D eigenvalue weighted by Gasteiger charge is 2.35. The van der Waals surface area contributed by atoms with Crippen molar-refractivity contribution in [2.45, 2.75) is 20.3 Å². The molecule has 1 aliphatic rings. The number of nitrogens with one attached hydrogen (secondary N) is 1. The number of anilines is 2. The van der Waals surface area contributed by atoms with E-state index in [2.05, 4.69) is 10.3 Å². The molecule has 2 amide bonds. The standard InChI is InChI=1S/C17H17N3O2/c1-4-12-15(20(3)11-8-6-5-7-9-11)14-13(10(2)18-12)16(21)19-17(14)22/h5-9H,4H2,1-3H3,(H,19,21,22). The Morgan fingerprint density at radius 2 is 1.73 bits per heavy atom. The molecule has 0 saturated heterocycles. The lowest BCUT2D eigenvalue weighted by molar-refractivity contribution is 0.0879. The minimum absolute atomic E-state index is 0.349. The Balaban J connectivity index is 2.27. The first kappa shape index (κ1) is 14.3. The van der Waals surface area contributed by atoms with Gasteiger partial charge >= 0.3 is 0 Å². The Morgan fingerprint density at radius 1 is 1.09 bits per heavy atom. The van der Waals surface area contributed by atoms with Crippen molar-refractivity contribution in [1.82, 2.24) is 10.3 Å². The maximum atomic E-state index is 12.3. The van der Waals surface area contributed by atoms with E-state index in [9.17, 15) is 9.59 Å². The van der Waals surface area contributed by atoms with Crippen LogP contribution in [0, 0.1) is 6.92 Å². The summed E-state index contributed by atoms with van der Waals surface area (Å²) in [5, 5.41) is 2.38. The fourth-order valence-corrected chi connectivity index (χ4v) is 2.87. The summed E-state index contributed by atoms with van der Waals surface area (Å²) >= 11 is 0. The molecule has 0 aliphatic carbocycles. The highest BCUT2D eigenvalue weighted by Crippen LogP contribution is 2.35. The molecule has 5 heteroatoms. The minimum atomic E-state index is -0.365. The van der Waals surface area contributed by atoms with Crippen molar-refractivity contribution in [1.29, 1.82) is 0 Å². The van der Waals surface area contributed by atoms with Crippen molar-refractivity contribution in [3.63, 3.8) is 0 Å². The van der Waals surface area contributed by atoms with Crippen molar-refractivity contribution in [3.05, 3.63) is 52.8 Å². The number of amides is 2. The van der Waals surface area contributed by atoms with Gasteiger partial charge in [-0.25, -0.2) is 0 Å². The Hall–Kier alpha value is -2.69. The molecule has 0 saturated carbocycles. The topological polar surface area (TPSA) is 62.3 Å². The maximum absolute atomic E-state index is 12.3. The SMILES string of the molecule is CCc1nc(C)c2c(c1N(C)c1ccccc1)C(=O)NC2=O. The van der Waals surface area contributed by atoms with Crippen LogP contribution in [0.25, 0.3) is 0 Å². The summed E-state index contributed by atoms with van der Waals surface area (Å²) in [6, 6.07) is 9.72. The lowest BCUT2D eigenvalue weighted by atomic mass is 10.0. The van der Waals surface area contributed by atoms with Crippen LogP contribution in [0.5, 0.6) is 0 Å². The van der Waals surface area contributed by atoms with E-state index < -0.39 is 0 Å². The first-order chi connectivity index (χ1) is 10.5. The molecule has 1 aromatic carbocycles. The third-order valence-electron chi connectivity index (χ3n) is 3.92. The normalized spacial score (nSPS) is 13.0. The maximum Gasteiger partial charge on any atom is 0.261 e. The molecular formula is C17H17N3O2. The molecule has 2 heterocycles. The average molecular weight is 295 g/mol. The molecule has 1 N–H and O–H groups in total. The third kappa shape index (κ3) is 2.06. The number of rotatable bonds is 3. The number of hydrogen-bond donors (Lipinski definition) is 1. The summed E-state index contributed by atoms with van der Waals surface area (Å²) in [6.45, 7) is 3.76. The number of fused-ring (bicyclic) bond motifs is 1. The van der Waals surface area contributed by atoms with Crippen molar-refractivity contribution in [3.8, 4) is 0 Å². The van der Waals surface area contributed by atoms with Crippen LogP contribution in [0.3, 0.4) is 0 Å². The lowest BCUT2D eigenvalue weighted by Crippen LogP contribution is -2.21. The molecule has 0 fully saturated rings. The second-order valence-electron chi connectivity index (χ2n) is 5.27.